The molecule has 2 N–H and O–H groups in total. The van der Waals surface area contributed by atoms with E-state index in [2.05, 4.69) is 35.4 Å². The maximum atomic E-state index is 12.6. The minimum absolute atomic E-state index is 0. The number of aromatic nitrogens is 2. The molecule has 1 saturated heterocycles. The molecule has 2 heterocycles. The minimum atomic E-state index is -4.30. The Morgan fingerprint density at radius 2 is 1.62 bits per heavy atom. The second kappa shape index (κ2) is 12.8. The normalized spacial score (nSPS) is 15.2. The highest BCUT2D eigenvalue weighted by Gasteiger charge is 2.29. The van der Waals surface area contributed by atoms with Crippen molar-refractivity contribution in [3.8, 4) is 0 Å². The van der Waals surface area contributed by atoms with E-state index in [4.69, 9.17) is 0 Å². The molecule has 1 aromatic carbocycles. The average molecular weight is 563 g/mol. The van der Waals surface area contributed by atoms with Crippen LogP contribution in [0.4, 0.5) is 19.1 Å². The molecule has 0 saturated carbocycles. The number of piperazine rings is 1. The second-order valence-corrected chi connectivity index (χ2v) is 7.25. The van der Waals surface area contributed by atoms with Crippen molar-refractivity contribution < 1.29 is 13.2 Å². The quantitative estimate of drug-likeness (QED) is 0.307. The lowest BCUT2D eigenvalue weighted by Gasteiger charge is -2.34. The fourth-order valence-electron chi connectivity index (χ4n) is 3.36. The van der Waals surface area contributed by atoms with Crippen LogP contribution in [0.5, 0.6) is 0 Å². The smallest absolute Gasteiger partial charge is 0.356 e. The van der Waals surface area contributed by atoms with Crippen LogP contribution in [0.3, 0.4) is 0 Å². The van der Waals surface area contributed by atoms with Crippen molar-refractivity contribution >= 4 is 35.9 Å². The number of nitrogens with zero attached hydrogens (tertiary/aromatic N) is 5. The highest BCUT2D eigenvalue weighted by atomic mass is 127. The van der Waals surface area contributed by atoms with Gasteiger partial charge in [-0.2, -0.15) is 13.2 Å². The number of nitrogens with one attached hydrogen (secondary N) is 2. The molecule has 0 unspecified atom stereocenters. The van der Waals surface area contributed by atoms with Crippen molar-refractivity contribution in [1.29, 1.82) is 0 Å². The topological polar surface area (TPSA) is 68.7 Å². The lowest BCUT2D eigenvalue weighted by atomic mass is 10.1. The molecule has 3 rings (SSSR count). The zero-order chi connectivity index (χ0) is 22.1. The zero-order valence-corrected chi connectivity index (χ0v) is 20.3. The minimum Gasteiger partial charge on any atom is -0.356 e. The molecule has 0 aliphatic carbocycles. The molecule has 1 aliphatic rings. The van der Waals surface area contributed by atoms with Crippen LogP contribution in [0.25, 0.3) is 0 Å². The number of benzene rings is 1. The summed E-state index contributed by atoms with van der Waals surface area (Å²) in [6.45, 7) is 5.90. The van der Waals surface area contributed by atoms with E-state index in [1.165, 1.54) is 12.1 Å². The Labute approximate surface area is 203 Å². The molecule has 1 fully saturated rings. The van der Waals surface area contributed by atoms with Gasteiger partial charge in [0.05, 0.1) is 5.56 Å². The van der Waals surface area contributed by atoms with Crippen LogP contribution in [-0.2, 0) is 12.6 Å². The van der Waals surface area contributed by atoms with Crippen molar-refractivity contribution in [3.05, 3.63) is 53.9 Å². The molecule has 0 radical (unpaired) electrons. The number of alkyl halides is 3. The maximum Gasteiger partial charge on any atom is 0.416 e. The summed E-state index contributed by atoms with van der Waals surface area (Å²) < 4.78 is 37.9. The van der Waals surface area contributed by atoms with Gasteiger partial charge in [0.1, 0.15) is 0 Å². The Balaban J connectivity index is 0.00000363. The number of hydrogen-bond acceptors (Lipinski definition) is 5. The number of anilines is 1. The molecular weight excluding hydrogens is 534 g/mol. The standard InChI is InChI=1S/C21H28F3N7.HI/c1-25-19(26-10-7-17-3-5-18(6-4-17)21(22,23)24)27-11-12-30-13-15-31(16-14-30)20-28-8-2-9-29-20;/h2-6,8-9H,7,10-16H2,1H3,(H2,25,26,27);1H. The average Bonchev–Trinajstić information content (AvgIpc) is 2.79. The van der Waals surface area contributed by atoms with E-state index >= 15 is 0 Å². The molecular formula is C21H29F3IN7. The molecule has 0 amide bonds. The van der Waals surface area contributed by atoms with E-state index < -0.39 is 11.7 Å². The van der Waals surface area contributed by atoms with Gasteiger partial charge in [-0.05, 0) is 30.2 Å². The van der Waals surface area contributed by atoms with Crippen LogP contribution in [0.2, 0.25) is 0 Å². The molecule has 7 nitrogen and oxygen atoms in total. The molecule has 32 heavy (non-hydrogen) atoms. The summed E-state index contributed by atoms with van der Waals surface area (Å²) in [5.74, 6) is 1.46. The van der Waals surface area contributed by atoms with Gasteiger partial charge in [0.15, 0.2) is 5.96 Å². The molecule has 1 aliphatic heterocycles. The largest absolute Gasteiger partial charge is 0.416 e. The van der Waals surface area contributed by atoms with E-state index in [1.807, 2.05) is 6.07 Å². The Hall–Kier alpha value is -2.15. The molecule has 1 aromatic heterocycles. The van der Waals surface area contributed by atoms with E-state index in [9.17, 15) is 13.2 Å². The molecule has 176 valence electrons. The first kappa shape index (κ1) is 26.1. The summed E-state index contributed by atoms with van der Waals surface area (Å²) in [5.41, 5.74) is 0.218. The third-order valence-corrected chi connectivity index (χ3v) is 5.14. The second-order valence-electron chi connectivity index (χ2n) is 7.25. The first-order valence-electron chi connectivity index (χ1n) is 10.3. The first-order valence-corrected chi connectivity index (χ1v) is 10.3. The van der Waals surface area contributed by atoms with Crippen molar-refractivity contribution in [1.82, 2.24) is 25.5 Å². The number of hydrogen-bond donors (Lipinski definition) is 2. The predicted octanol–water partition coefficient (Wildman–Crippen LogP) is 2.64. The number of guanidine groups is 1. The number of halogens is 4. The maximum absolute atomic E-state index is 12.6. The van der Waals surface area contributed by atoms with Gasteiger partial charge < -0.3 is 15.5 Å². The highest BCUT2D eigenvalue weighted by Crippen LogP contribution is 2.29. The van der Waals surface area contributed by atoms with Gasteiger partial charge in [0.25, 0.3) is 0 Å². The molecule has 0 bridgehead atoms. The fourth-order valence-corrected chi connectivity index (χ4v) is 3.36. The van der Waals surface area contributed by atoms with E-state index in [0.717, 1.165) is 62.9 Å². The zero-order valence-electron chi connectivity index (χ0n) is 18.0. The lowest BCUT2D eigenvalue weighted by molar-refractivity contribution is -0.137. The molecule has 2 aromatic rings. The molecule has 11 heteroatoms. The van der Waals surface area contributed by atoms with Gasteiger partial charge >= 0.3 is 6.18 Å². The summed E-state index contributed by atoms with van der Waals surface area (Å²) in [4.78, 5) is 17.4. The van der Waals surface area contributed by atoms with Gasteiger partial charge in [-0.1, -0.05) is 12.1 Å². The van der Waals surface area contributed by atoms with Gasteiger partial charge in [-0.3, -0.25) is 9.89 Å². The molecule has 0 atom stereocenters. The van der Waals surface area contributed by atoms with Crippen molar-refractivity contribution in [2.24, 2.45) is 4.99 Å². The van der Waals surface area contributed by atoms with Crippen LogP contribution in [-0.4, -0.2) is 73.7 Å². The first-order chi connectivity index (χ1) is 15.0. The summed E-state index contributed by atoms with van der Waals surface area (Å²) in [7, 11) is 1.70. The van der Waals surface area contributed by atoms with Crippen LogP contribution in [0.1, 0.15) is 11.1 Å². The van der Waals surface area contributed by atoms with Crippen molar-refractivity contribution in [2.75, 3.05) is 57.8 Å². The van der Waals surface area contributed by atoms with Gasteiger partial charge in [-0.15, -0.1) is 24.0 Å². The third-order valence-electron chi connectivity index (χ3n) is 5.14. The Morgan fingerprint density at radius 3 is 2.22 bits per heavy atom. The van der Waals surface area contributed by atoms with Gasteiger partial charge in [-0.25, -0.2) is 9.97 Å². The lowest BCUT2D eigenvalue weighted by Crippen LogP contribution is -2.49. The Kier molecular flexibility index (Phi) is 10.4. The van der Waals surface area contributed by atoms with Crippen molar-refractivity contribution in [3.63, 3.8) is 0 Å². The van der Waals surface area contributed by atoms with Crippen LogP contribution < -0.4 is 15.5 Å². The van der Waals surface area contributed by atoms with Crippen LogP contribution in [0, 0.1) is 0 Å². The predicted molar refractivity (Wildman–Crippen MR) is 131 cm³/mol. The third kappa shape index (κ3) is 8.08. The number of rotatable bonds is 7. The SMILES string of the molecule is CN=C(NCCc1ccc(C(F)(F)F)cc1)NCCN1CCN(c2ncccn2)CC1.I. The van der Waals surface area contributed by atoms with Crippen molar-refractivity contribution in [2.45, 2.75) is 12.6 Å². The van der Waals surface area contributed by atoms with Crippen LogP contribution >= 0.6 is 24.0 Å². The molecule has 0 spiro atoms. The summed E-state index contributed by atoms with van der Waals surface area (Å²) in [5, 5.41) is 6.49. The van der Waals surface area contributed by atoms with E-state index in [-0.39, 0.29) is 24.0 Å². The number of aliphatic imine (C=N–C) groups is 1. The van der Waals surface area contributed by atoms with E-state index in [1.54, 1.807) is 19.4 Å². The Bertz CT molecular complexity index is 824. The van der Waals surface area contributed by atoms with Crippen LogP contribution in [0.15, 0.2) is 47.7 Å². The Morgan fingerprint density at radius 1 is 1.00 bits per heavy atom. The van der Waals surface area contributed by atoms with E-state index in [0.29, 0.717) is 18.9 Å². The summed E-state index contributed by atoms with van der Waals surface area (Å²) in [6, 6.07) is 7.08. The summed E-state index contributed by atoms with van der Waals surface area (Å²) >= 11 is 0. The van der Waals surface area contributed by atoms with Gasteiger partial charge in [0.2, 0.25) is 5.95 Å². The fraction of sp³-hybridized carbons (Fsp3) is 0.476. The van der Waals surface area contributed by atoms with Gasteiger partial charge in [0, 0.05) is 65.3 Å². The summed E-state index contributed by atoms with van der Waals surface area (Å²) in [6.07, 6.45) is -0.170. The monoisotopic (exact) mass is 563 g/mol. The highest BCUT2D eigenvalue weighted by molar-refractivity contribution is 14.0.